The Hall–Kier alpha value is -0.930. The van der Waals surface area contributed by atoms with Crippen LogP contribution in [0.15, 0.2) is 24.3 Å². The van der Waals surface area contributed by atoms with E-state index in [1.165, 1.54) is 6.07 Å². The van der Waals surface area contributed by atoms with Gasteiger partial charge in [-0.25, -0.2) is 4.39 Å². The highest BCUT2D eigenvalue weighted by Crippen LogP contribution is 2.09. The quantitative estimate of drug-likeness (QED) is 0.719. The monoisotopic (exact) mass is 225 g/mol. The number of methoxy groups -OCH3 is 1. The highest BCUT2D eigenvalue weighted by atomic mass is 19.1. The lowest BCUT2D eigenvalue weighted by atomic mass is 10.0. The Morgan fingerprint density at radius 1 is 1.44 bits per heavy atom. The minimum Gasteiger partial charge on any atom is -0.383 e. The summed E-state index contributed by atoms with van der Waals surface area (Å²) >= 11 is 0. The second-order valence-corrected chi connectivity index (χ2v) is 4.14. The fourth-order valence-corrected chi connectivity index (χ4v) is 1.66. The Bertz CT molecular complexity index is 304. The predicted molar refractivity (Wildman–Crippen MR) is 64.0 cm³/mol. The lowest BCUT2D eigenvalue weighted by Crippen LogP contribution is -2.25. The maximum absolute atomic E-state index is 12.9. The Labute approximate surface area is 96.8 Å². The first-order valence-corrected chi connectivity index (χ1v) is 5.66. The van der Waals surface area contributed by atoms with E-state index < -0.39 is 0 Å². The van der Waals surface area contributed by atoms with Crippen molar-refractivity contribution in [1.82, 2.24) is 5.32 Å². The largest absolute Gasteiger partial charge is 0.383 e. The molecule has 0 aromatic heterocycles. The van der Waals surface area contributed by atoms with Crippen LogP contribution in [0, 0.1) is 11.7 Å². The van der Waals surface area contributed by atoms with Crippen LogP contribution >= 0.6 is 0 Å². The van der Waals surface area contributed by atoms with Gasteiger partial charge in [0.25, 0.3) is 0 Å². The summed E-state index contributed by atoms with van der Waals surface area (Å²) in [5.41, 5.74) is 1.06. The van der Waals surface area contributed by atoms with Crippen molar-refractivity contribution < 1.29 is 9.13 Å². The van der Waals surface area contributed by atoms with Crippen molar-refractivity contribution in [2.45, 2.75) is 13.3 Å². The maximum atomic E-state index is 12.9. The summed E-state index contributed by atoms with van der Waals surface area (Å²) in [5, 5.41) is 3.30. The summed E-state index contributed by atoms with van der Waals surface area (Å²) in [6, 6.07) is 6.81. The molecule has 0 spiro atoms. The molecule has 2 nitrogen and oxygen atoms in total. The SMILES string of the molecule is COCCNCC(C)Cc1cccc(F)c1. The van der Waals surface area contributed by atoms with E-state index in [0.717, 1.165) is 31.7 Å². The molecule has 0 amide bonds. The number of nitrogens with one attached hydrogen (secondary N) is 1. The molecule has 0 saturated carbocycles. The van der Waals surface area contributed by atoms with E-state index >= 15 is 0 Å². The van der Waals surface area contributed by atoms with Gasteiger partial charge in [-0.15, -0.1) is 0 Å². The van der Waals surface area contributed by atoms with Crippen LogP contribution in [0.1, 0.15) is 12.5 Å². The van der Waals surface area contributed by atoms with Gasteiger partial charge < -0.3 is 10.1 Å². The molecule has 0 radical (unpaired) electrons. The molecule has 1 unspecified atom stereocenters. The second kappa shape index (κ2) is 7.36. The molecule has 1 N–H and O–H groups in total. The molecule has 0 aliphatic carbocycles. The van der Waals surface area contributed by atoms with E-state index in [9.17, 15) is 4.39 Å². The van der Waals surface area contributed by atoms with Gasteiger partial charge in [0.1, 0.15) is 5.82 Å². The van der Waals surface area contributed by atoms with Gasteiger partial charge in [-0.3, -0.25) is 0 Å². The van der Waals surface area contributed by atoms with Crippen molar-refractivity contribution in [3.63, 3.8) is 0 Å². The molecule has 1 aromatic carbocycles. The number of ether oxygens (including phenoxy) is 1. The maximum Gasteiger partial charge on any atom is 0.123 e. The summed E-state index contributed by atoms with van der Waals surface area (Å²) in [4.78, 5) is 0. The molecule has 0 bridgehead atoms. The molecule has 1 rings (SSSR count). The van der Waals surface area contributed by atoms with Crippen LogP contribution in [0.4, 0.5) is 4.39 Å². The third-order valence-corrected chi connectivity index (χ3v) is 2.45. The Kier molecular flexibility index (Phi) is 6.04. The first-order valence-electron chi connectivity index (χ1n) is 5.66. The fraction of sp³-hybridized carbons (Fsp3) is 0.538. The molecular weight excluding hydrogens is 205 g/mol. The molecule has 90 valence electrons. The van der Waals surface area contributed by atoms with Gasteiger partial charge >= 0.3 is 0 Å². The lowest BCUT2D eigenvalue weighted by Gasteiger charge is -2.12. The van der Waals surface area contributed by atoms with Crippen molar-refractivity contribution in [3.05, 3.63) is 35.6 Å². The van der Waals surface area contributed by atoms with Gasteiger partial charge in [0.2, 0.25) is 0 Å². The average Bonchev–Trinajstić information content (AvgIpc) is 2.24. The summed E-state index contributed by atoms with van der Waals surface area (Å²) in [6.07, 6.45) is 0.901. The number of benzene rings is 1. The Balaban J connectivity index is 2.25. The smallest absolute Gasteiger partial charge is 0.123 e. The zero-order chi connectivity index (χ0) is 11.8. The molecule has 16 heavy (non-hydrogen) atoms. The van der Waals surface area contributed by atoms with Gasteiger partial charge in [0.15, 0.2) is 0 Å². The predicted octanol–water partition coefficient (Wildman–Crippen LogP) is 2.24. The van der Waals surface area contributed by atoms with Crippen molar-refractivity contribution in [3.8, 4) is 0 Å². The highest BCUT2D eigenvalue weighted by Gasteiger charge is 2.03. The molecule has 0 heterocycles. The summed E-state index contributed by atoms with van der Waals surface area (Å²) in [7, 11) is 1.69. The molecular formula is C13H20FNO. The lowest BCUT2D eigenvalue weighted by molar-refractivity contribution is 0.198. The first kappa shape index (κ1) is 13.1. The van der Waals surface area contributed by atoms with Crippen LogP contribution < -0.4 is 5.32 Å². The fourth-order valence-electron chi connectivity index (χ4n) is 1.66. The number of rotatable bonds is 7. The van der Waals surface area contributed by atoms with Crippen LogP contribution in [-0.2, 0) is 11.2 Å². The molecule has 3 heteroatoms. The van der Waals surface area contributed by atoms with Crippen molar-refractivity contribution >= 4 is 0 Å². The summed E-state index contributed by atoms with van der Waals surface area (Å²) in [5.74, 6) is 0.343. The van der Waals surface area contributed by atoms with E-state index in [-0.39, 0.29) is 5.82 Å². The molecule has 0 fully saturated rings. The van der Waals surface area contributed by atoms with Gasteiger partial charge in [-0.05, 0) is 36.6 Å². The minimum absolute atomic E-state index is 0.156. The van der Waals surface area contributed by atoms with E-state index in [1.807, 2.05) is 6.07 Å². The van der Waals surface area contributed by atoms with E-state index in [1.54, 1.807) is 19.2 Å². The van der Waals surface area contributed by atoms with Crippen molar-refractivity contribution in [1.29, 1.82) is 0 Å². The summed E-state index contributed by atoms with van der Waals surface area (Å²) < 4.78 is 17.9. The zero-order valence-electron chi connectivity index (χ0n) is 10.0. The van der Waals surface area contributed by atoms with E-state index in [2.05, 4.69) is 12.2 Å². The minimum atomic E-state index is -0.156. The number of hydrogen-bond donors (Lipinski definition) is 1. The zero-order valence-corrected chi connectivity index (χ0v) is 10.0. The van der Waals surface area contributed by atoms with Gasteiger partial charge in [0.05, 0.1) is 6.61 Å². The molecule has 0 aliphatic rings. The third-order valence-electron chi connectivity index (χ3n) is 2.45. The van der Waals surface area contributed by atoms with Crippen molar-refractivity contribution in [2.24, 2.45) is 5.92 Å². The Morgan fingerprint density at radius 2 is 2.25 bits per heavy atom. The first-order chi connectivity index (χ1) is 7.72. The highest BCUT2D eigenvalue weighted by molar-refractivity contribution is 5.16. The van der Waals surface area contributed by atoms with Crippen LogP contribution in [0.2, 0.25) is 0 Å². The van der Waals surface area contributed by atoms with Crippen LogP contribution in [-0.4, -0.2) is 26.8 Å². The van der Waals surface area contributed by atoms with Gasteiger partial charge in [-0.1, -0.05) is 19.1 Å². The van der Waals surface area contributed by atoms with E-state index in [0.29, 0.717) is 5.92 Å². The van der Waals surface area contributed by atoms with Crippen LogP contribution in [0.3, 0.4) is 0 Å². The van der Waals surface area contributed by atoms with Gasteiger partial charge in [-0.2, -0.15) is 0 Å². The average molecular weight is 225 g/mol. The second-order valence-electron chi connectivity index (χ2n) is 4.14. The third kappa shape index (κ3) is 5.24. The molecule has 0 aliphatic heterocycles. The van der Waals surface area contributed by atoms with Crippen LogP contribution in [0.25, 0.3) is 0 Å². The Morgan fingerprint density at radius 3 is 2.94 bits per heavy atom. The van der Waals surface area contributed by atoms with Gasteiger partial charge in [0, 0.05) is 13.7 Å². The molecule has 1 aromatic rings. The normalized spacial score (nSPS) is 12.7. The molecule has 0 saturated heterocycles. The number of halogens is 1. The summed E-state index contributed by atoms with van der Waals surface area (Å²) in [6.45, 7) is 4.68. The standard InChI is InChI=1S/C13H20FNO/c1-11(10-15-6-7-16-2)8-12-4-3-5-13(14)9-12/h3-5,9,11,15H,6-8,10H2,1-2H3. The number of hydrogen-bond acceptors (Lipinski definition) is 2. The van der Waals surface area contributed by atoms with E-state index in [4.69, 9.17) is 4.74 Å². The molecule has 1 atom stereocenters. The van der Waals surface area contributed by atoms with Crippen molar-refractivity contribution in [2.75, 3.05) is 26.8 Å². The topological polar surface area (TPSA) is 21.3 Å². The van der Waals surface area contributed by atoms with Crippen LogP contribution in [0.5, 0.6) is 0 Å².